The zero-order chi connectivity index (χ0) is 23.9. The number of likely N-dealkylation sites (tertiary alicyclic amines) is 1. The molecule has 0 spiro atoms. The Hall–Kier alpha value is -2.41. The fourth-order valence-electron chi connectivity index (χ4n) is 4.73. The fraction of sp³-hybridized carbons (Fsp3) is 0.536. The summed E-state index contributed by atoms with van der Waals surface area (Å²) in [4.78, 5) is 17.8. The van der Waals surface area contributed by atoms with Crippen LogP contribution in [0, 0.1) is 0 Å². The van der Waals surface area contributed by atoms with E-state index < -0.39 is 0 Å². The maximum Gasteiger partial charge on any atom is 0.251 e. The van der Waals surface area contributed by atoms with Crippen molar-refractivity contribution in [3.8, 4) is 5.75 Å². The van der Waals surface area contributed by atoms with Crippen LogP contribution in [0.25, 0.3) is 0 Å². The highest BCUT2D eigenvalue weighted by Crippen LogP contribution is 2.25. The number of nitrogens with zero attached hydrogens (tertiary/aromatic N) is 2. The third-order valence-corrected chi connectivity index (χ3v) is 6.89. The lowest BCUT2D eigenvalue weighted by atomic mass is 9.99. The van der Waals surface area contributed by atoms with E-state index in [9.17, 15) is 4.79 Å². The summed E-state index contributed by atoms with van der Waals surface area (Å²) in [6, 6.07) is 15.3. The Bertz CT molecular complexity index is 954. The average Bonchev–Trinajstić information content (AvgIpc) is 2.82. The first kappa shape index (κ1) is 24.7. The van der Waals surface area contributed by atoms with Gasteiger partial charge in [0.05, 0.1) is 13.2 Å². The molecule has 0 unspecified atom stereocenters. The van der Waals surface area contributed by atoms with Crippen molar-refractivity contribution in [1.29, 1.82) is 0 Å². The first-order chi connectivity index (χ1) is 16.5. The molecule has 0 atom stereocenters. The van der Waals surface area contributed by atoms with Gasteiger partial charge in [0.1, 0.15) is 12.4 Å². The number of hydrogen-bond donors (Lipinski definition) is 1. The zero-order valence-electron chi connectivity index (χ0n) is 20.9. The Balaban J connectivity index is 1.55. The standard InChI is InChI=1S/C28H39N3O3/c1-21(2)31-13-14-33-15-16-34-27-8-7-24(28(32)29-26-9-11-30(3)12-10-26)19-25(27)18-22-5-4-6-23(17-22)20-31/h4-8,17,19,21,26H,9-16,18,20H2,1-3H3,(H,29,32). The van der Waals surface area contributed by atoms with E-state index in [0.717, 1.165) is 56.8 Å². The Labute approximate surface area is 204 Å². The molecule has 0 saturated carbocycles. The number of rotatable bonds is 3. The molecule has 0 aliphatic carbocycles. The maximum atomic E-state index is 13.0. The second-order valence-corrected chi connectivity index (χ2v) is 9.90. The quantitative estimate of drug-likeness (QED) is 0.749. The van der Waals surface area contributed by atoms with Crippen molar-refractivity contribution in [3.05, 3.63) is 64.7 Å². The van der Waals surface area contributed by atoms with Crippen molar-refractivity contribution in [3.63, 3.8) is 0 Å². The summed E-state index contributed by atoms with van der Waals surface area (Å²) < 4.78 is 11.9. The van der Waals surface area contributed by atoms with Gasteiger partial charge in [0.15, 0.2) is 0 Å². The number of fused-ring (bicyclic) bond motifs is 3. The summed E-state index contributed by atoms with van der Waals surface area (Å²) in [6.07, 6.45) is 2.72. The van der Waals surface area contributed by atoms with Crippen LogP contribution in [0.3, 0.4) is 0 Å². The Morgan fingerprint density at radius 2 is 1.79 bits per heavy atom. The van der Waals surface area contributed by atoms with Gasteiger partial charge < -0.3 is 19.7 Å². The van der Waals surface area contributed by atoms with Crippen LogP contribution in [0.2, 0.25) is 0 Å². The number of piperidine rings is 1. The Morgan fingerprint density at radius 1 is 1.00 bits per heavy atom. The minimum Gasteiger partial charge on any atom is -0.491 e. The van der Waals surface area contributed by atoms with Gasteiger partial charge in [0, 0.05) is 37.2 Å². The summed E-state index contributed by atoms with van der Waals surface area (Å²) in [6.45, 7) is 10.0. The number of ether oxygens (including phenoxy) is 2. The average molecular weight is 466 g/mol. The van der Waals surface area contributed by atoms with Gasteiger partial charge in [0.25, 0.3) is 5.91 Å². The second-order valence-electron chi connectivity index (χ2n) is 9.90. The van der Waals surface area contributed by atoms with E-state index >= 15 is 0 Å². The van der Waals surface area contributed by atoms with Crippen LogP contribution >= 0.6 is 0 Å². The molecule has 6 heteroatoms. The number of amides is 1. The van der Waals surface area contributed by atoms with Gasteiger partial charge in [0.2, 0.25) is 0 Å². The molecule has 34 heavy (non-hydrogen) atoms. The van der Waals surface area contributed by atoms with E-state index in [2.05, 4.69) is 60.3 Å². The van der Waals surface area contributed by atoms with Crippen molar-refractivity contribution < 1.29 is 14.3 Å². The normalized spacial score (nSPS) is 19.2. The molecule has 1 saturated heterocycles. The van der Waals surface area contributed by atoms with Crippen LogP contribution in [0.5, 0.6) is 5.75 Å². The molecule has 1 fully saturated rings. The third kappa shape index (κ3) is 6.81. The van der Waals surface area contributed by atoms with Crippen LogP contribution in [-0.2, 0) is 17.7 Å². The molecule has 2 heterocycles. The molecule has 0 radical (unpaired) electrons. The van der Waals surface area contributed by atoms with Gasteiger partial charge in [-0.1, -0.05) is 24.3 Å². The largest absolute Gasteiger partial charge is 0.491 e. The van der Waals surface area contributed by atoms with E-state index in [4.69, 9.17) is 9.47 Å². The number of hydrogen-bond acceptors (Lipinski definition) is 5. The number of carbonyl (C=O) groups is 1. The second kappa shape index (κ2) is 11.8. The summed E-state index contributed by atoms with van der Waals surface area (Å²) in [5.41, 5.74) is 4.25. The molecule has 4 rings (SSSR count). The van der Waals surface area contributed by atoms with E-state index in [1.165, 1.54) is 11.1 Å². The third-order valence-electron chi connectivity index (χ3n) is 6.89. The maximum absolute atomic E-state index is 13.0. The minimum atomic E-state index is 0.00131. The Morgan fingerprint density at radius 3 is 2.59 bits per heavy atom. The molecule has 1 N–H and O–H groups in total. The summed E-state index contributed by atoms with van der Waals surface area (Å²) in [5.74, 6) is 0.826. The topological polar surface area (TPSA) is 54.0 Å². The van der Waals surface area contributed by atoms with Crippen molar-refractivity contribution >= 4 is 5.91 Å². The number of nitrogens with one attached hydrogen (secondary N) is 1. The first-order valence-electron chi connectivity index (χ1n) is 12.6. The first-order valence-corrected chi connectivity index (χ1v) is 12.6. The molecular weight excluding hydrogens is 426 g/mol. The lowest BCUT2D eigenvalue weighted by Crippen LogP contribution is -2.43. The van der Waals surface area contributed by atoms with Crippen molar-refractivity contribution in [1.82, 2.24) is 15.1 Å². The van der Waals surface area contributed by atoms with Gasteiger partial charge in [-0.05, 0) is 81.7 Å². The van der Waals surface area contributed by atoms with Crippen LogP contribution < -0.4 is 10.1 Å². The molecule has 2 bridgehead atoms. The van der Waals surface area contributed by atoms with Crippen molar-refractivity contribution in [2.24, 2.45) is 0 Å². The minimum absolute atomic E-state index is 0.00131. The molecule has 0 aromatic heterocycles. The highest BCUT2D eigenvalue weighted by molar-refractivity contribution is 5.94. The van der Waals surface area contributed by atoms with E-state index in [-0.39, 0.29) is 11.9 Å². The predicted molar refractivity (Wildman–Crippen MR) is 136 cm³/mol. The van der Waals surface area contributed by atoms with Gasteiger partial charge in [-0.3, -0.25) is 9.69 Å². The zero-order valence-corrected chi connectivity index (χ0v) is 20.9. The number of carbonyl (C=O) groups excluding carboxylic acids is 1. The molecule has 1 amide bonds. The molecule has 2 aliphatic heterocycles. The summed E-state index contributed by atoms with van der Waals surface area (Å²) in [7, 11) is 2.13. The van der Waals surface area contributed by atoms with Gasteiger partial charge in [-0.15, -0.1) is 0 Å². The van der Waals surface area contributed by atoms with Crippen molar-refractivity contribution in [2.45, 2.75) is 51.7 Å². The van der Waals surface area contributed by atoms with Gasteiger partial charge in [-0.2, -0.15) is 0 Å². The van der Waals surface area contributed by atoms with Crippen LogP contribution in [-0.4, -0.2) is 74.3 Å². The molecule has 2 aromatic rings. The van der Waals surface area contributed by atoms with E-state index in [0.29, 0.717) is 31.4 Å². The van der Waals surface area contributed by atoms with Crippen LogP contribution in [0.15, 0.2) is 42.5 Å². The lowest BCUT2D eigenvalue weighted by Gasteiger charge is -2.29. The summed E-state index contributed by atoms with van der Waals surface area (Å²) >= 11 is 0. The summed E-state index contributed by atoms with van der Waals surface area (Å²) in [5, 5.41) is 3.24. The SMILES string of the molecule is CC(C)N1CCOCCOc2ccc(C(=O)NC3CCN(C)CC3)cc2Cc2cccc(c2)C1. The lowest BCUT2D eigenvalue weighted by molar-refractivity contribution is 0.0695. The van der Waals surface area contributed by atoms with Crippen LogP contribution in [0.4, 0.5) is 0 Å². The van der Waals surface area contributed by atoms with E-state index in [1.54, 1.807) is 0 Å². The number of benzene rings is 2. The highest BCUT2D eigenvalue weighted by atomic mass is 16.5. The molecule has 184 valence electrons. The van der Waals surface area contributed by atoms with E-state index in [1.807, 2.05) is 18.2 Å². The monoisotopic (exact) mass is 465 g/mol. The highest BCUT2D eigenvalue weighted by Gasteiger charge is 2.20. The Kier molecular flexibility index (Phi) is 8.59. The molecule has 2 aromatic carbocycles. The molecular formula is C28H39N3O3. The molecule has 2 aliphatic rings. The smallest absolute Gasteiger partial charge is 0.251 e. The van der Waals surface area contributed by atoms with Crippen molar-refractivity contribution in [2.75, 3.05) is 46.5 Å². The van der Waals surface area contributed by atoms with Gasteiger partial charge >= 0.3 is 0 Å². The van der Waals surface area contributed by atoms with Crippen LogP contribution in [0.1, 0.15) is 53.7 Å². The fourth-order valence-corrected chi connectivity index (χ4v) is 4.73. The van der Waals surface area contributed by atoms with Gasteiger partial charge in [-0.25, -0.2) is 0 Å². The molecule has 6 nitrogen and oxygen atoms in total. The predicted octanol–water partition coefficient (Wildman–Crippen LogP) is 3.72.